The first-order valence-electron chi connectivity index (χ1n) is 6.32. The van der Waals surface area contributed by atoms with Crippen molar-refractivity contribution >= 4 is 27.5 Å². The maximum absolute atomic E-state index is 13.1. The average Bonchev–Trinajstić information content (AvgIpc) is 2.46. The van der Waals surface area contributed by atoms with Crippen molar-refractivity contribution in [2.75, 3.05) is 18.4 Å². The second-order valence-corrected chi connectivity index (χ2v) is 5.46. The van der Waals surface area contributed by atoms with E-state index in [1.807, 2.05) is 0 Å². The molecule has 1 aromatic carbocycles. The molecule has 0 spiro atoms. The van der Waals surface area contributed by atoms with Crippen molar-refractivity contribution in [2.45, 2.75) is 12.8 Å². The van der Waals surface area contributed by atoms with Crippen molar-refractivity contribution in [3.05, 3.63) is 39.7 Å². The summed E-state index contributed by atoms with van der Waals surface area (Å²) in [5.41, 5.74) is -0.522. The van der Waals surface area contributed by atoms with Crippen molar-refractivity contribution in [1.29, 1.82) is 0 Å². The summed E-state index contributed by atoms with van der Waals surface area (Å²) in [6.07, 6.45) is 1.73. The standard InChI is InChI=1S/C13H14BrFN2O3/c14-8-9-3-5-16(6-4-9)13(18)11-2-1-10(15)7-12(11)17(19)20/h1-2,7,9H,3-6,8H2. The fourth-order valence-corrected chi connectivity index (χ4v) is 2.94. The van der Waals surface area contributed by atoms with Gasteiger partial charge in [0.2, 0.25) is 0 Å². The zero-order valence-corrected chi connectivity index (χ0v) is 12.3. The second kappa shape index (κ2) is 6.30. The predicted molar refractivity (Wildman–Crippen MR) is 75.5 cm³/mol. The summed E-state index contributed by atoms with van der Waals surface area (Å²) in [4.78, 5) is 24.1. The van der Waals surface area contributed by atoms with E-state index in [1.54, 1.807) is 4.90 Å². The van der Waals surface area contributed by atoms with Crippen LogP contribution in [0.2, 0.25) is 0 Å². The minimum absolute atomic E-state index is 0.0475. The fraction of sp³-hybridized carbons (Fsp3) is 0.462. The number of carbonyl (C=O) groups is 1. The first-order chi connectivity index (χ1) is 9.52. The summed E-state index contributed by atoms with van der Waals surface area (Å²) in [6, 6.07) is 3.05. The van der Waals surface area contributed by atoms with Crippen LogP contribution in [0.4, 0.5) is 10.1 Å². The molecule has 2 rings (SSSR count). The van der Waals surface area contributed by atoms with Gasteiger partial charge in [0.25, 0.3) is 11.6 Å². The number of nitro benzene ring substituents is 1. The summed E-state index contributed by atoms with van der Waals surface area (Å²) in [7, 11) is 0. The van der Waals surface area contributed by atoms with Crippen molar-refractivity contribution in [2.24, 2.45) is 5.92 Å². The van der Waals surface area contributed by atoms with Crippen LogP contribution in [0.1, 0.15) is 23.2 Å². The highest BCUT2D eigenvalue weighted by molar-refractivity contribution is 9.09. The molecule has 20 heavy (non-hydrogen) atoms. The molecule has 0 bridgehead atoms. The summed E-state index contributed by atoms with van der Waals surface area (Å²) >= 11 is 3.42. The van der Waals surface area contributed by atoms with Crippen LogP contribution >= 0.6 is 15.9 Å². The average molecular weight is 345 g/mol. The van der Waals surface area contributed by atoms with E-state index < -0.39 is 22.3 Å². The zero-order chi connectivity index (χ0) is 14.7. The lowest BCUT2D eigenvalue weighted by Gasteiger charge is -2.31. The van der Waals surface area contributed by atoms with Gasteiger partial charge in [-0.1, -0.05) is 15.9 Å². The Kier molecular flexibility index (Phi) is 4.69. The smallest absolute Gasteiger partial charge is 0.285 e. The minimum atomic E-state index is -0.721. The largest absolute Gasteiger partial charge is 0.338 e. The van der Waals surface area contributed by atoms with Gasteiger partial charge >= 0.3 is 0 Å². The molecular formula is C13H14BrFN2O3. The molecule has 108 valence electrons. The van der Waals surface area contributed by atoms with Crippen molar-refractivity contribution in [3.8, 4) is 0 Å². The van der Waals surface area contributed by atoms with Gasteiger partial charge in [0, 0.05) is 18.4 Å². The molecule has 5 nitrogen and oxygen atoms in total. The van der Waals surface area contributed by atoms with Gasteiger partial charge < -0.3 is 4.90 Å². The lowest BCUT2D eigenvalue weighted by Crippen LogP contribution is -2.39. The lowest BCUT2D eigenvalue weighted by molar-refractivity contribution is -0.385. The molecule has 0 atom stereocenters. The van der Waals surface area contributed by atoms with Crippen LogP contribution < -0.4 is 0 Å². The number of nitro groups is 1. The number of hydrogen-bond acceptors (Lipinski definition) is 3. The number of piperidine rings is 1. The van der Waals surface area contributed by atoms with Crippen LogP contribution in [0.15, 0.2) is 18.2 Å². The van der Waals surface area contributed by atoms with E-state index in [-0.39, 0.29) is 5.56 Å². The van der Waals surface area contributed by atoms with Gasteiger partial charge in [-0.15, -0.1) is 0 Å². The van der Waals surface area contributed by atoms with Crippen molar-refractivity contribution < 1.29 is 14.1 Å². The van der Waals surface area contributed by atoms with E-state index in [1.165, 1.54) is 6.07 Å². The maximum atomic E-state index is 13.1. The monoisotopic (exact) mass is 344 g/mol. The fourth-order valence-electron chi connectivity index (χ4n) is 2.30. The van der Waals surface area contributed by atoms with E-state index in [4.69, 9.17) is 0 Å². The third-order valence-electron chi connectivity index (χ3n) is 3.51. The number of hydrogen-bond donors (Lipinski definition) is 0. The number of nitrogens with zero attached hydrogens (tertiary/aromatic N) is 2. The van der Waals surface area contributed by atoms with Crippen LogP contribution in [-0.4, -0.2) is 34.2 Å². The van der Waals surface area contributed by atoms with E-state index in [0.29, 0.717) is 19.0 Å². The minimum Gasteiger partial charge on any atom is -0.338 e. The number of likely N-dealkylation sites (tertiary alicyclic amines) is 1. The molecule has 0 saturated carbocycles. The normalized spacial score (nSPS) is 16.2. The third kappa shape index (κ3) is 3.15. The number of rotatable bonds is 3. The number of amides is 1. The highest BCUT2D eigenvalue weighted by Gasteiger charge is 2.28. The van der Waals surface area contributed by atoms with Crippen molar-refractivity contribution in [3.63, 3.8) is 0 Å². The molecule has 0 aromatic heterocycles. The molecule has 1 amide bonds. The van der Waals surface area contributed by atoms with Crippen LogP contribution in [0.5, 0.6) is 0 Å². The van der Waals surface area contributed by atoms with Gasteiger partial charge in [-0.25, -0.2) is 4.39 Å². The molecule has 0 unspecified atom stereocenters. The Morgan fingerprint density at radius 1 is 1.45 bits per heavy atom. The number of alkyl halides is 1. The molecule has 1 saturated heterocycles. The van der Waals surface area contributed by atoms with Crippen LogP contribution in [0, 0.1) is 21.8 Å². The number of benzene rings is 1. The van der Waals surface area contributed by atoms with E-state index in [9.17, 15) is 19.3 Å². The van der Waals surface area contributed by atoms with Gasteiger partial charge in [0.05, 0.1) is 11.0 Å². The van der Waals surface area contributed by atoms with E-state index in [2.05, 4.69) is 15.9 Å². The van der Waals surface area contributed by atoms with Crippen LogP contribution in [-0.2, 0) is 0 Å². The molecule has 1 fully saturated rings. The van der Waals surface area contributed by atoms with Gasteiger partial charge in [-0.2, -0.15) is 0 Å². The zero-order valence-electron chi connectivity index (χ0n) is 10.7. The molecule has 1 aromatic rings. The second-order valence-electron chi connectivity index (χ2n) is 4.81. The topological polar surface area (TPSA) is 63.4 Å². The molecule has 1 aliphatic heterocycles. The van der Waals surface area contributed by atoms with Crippen LogP contribution in [0.25, 0.3) is 0 Å². The Hall–Kier alpha value is -1.50. The van der Waals surface area contributed by atoms with E-state index >= 15 is 0 Å². The van der Waals surface area contributed by atoms with Crippen LogP contribution in [0.3, 0.4) is 0 Å². The Balaban J connectivity index is 2.19. The highest BCUT2D eigenvalue weighted by Crippen LogP contribution is 2.25. The molecule has 1 heterocycles. The quantitative estimate of drug-likeness (QED) is 0.481. The molecule has 0 radical (unpaired) electrons. The predicted octanol–water partition coefficient (Wildman–Crippen LogP) is 2.98. The van der Waals surface area contributed by atoms with Gasteiger partial charge in [0.1, 0.15) is 11.4 Å². The Labute approximate surface area is 124 Å². The molecule has 1 aliphatic rings. The summed E-state index contributed by atoms with van der Waals surface area (Å²) in [6.45, 7) is 1.15. The van der Waals surface area contributed by atoms with Gasteiger partial charge in [-0.3, -0.25) is 14.9 Å². The first kappa shape index (κ1) is 14.9. The summed E-state index contributed by atoms with van der Waals surface area (Å²) in [5, 5.41) is 11.8. The number of carbonyl (C=O) groups excluding carboxylic acids is 1. The molecule has 7 heteroatoms. The van der Waals surface area contributed by atoms with Gasteiger partial charge in [-0.05, 0) is 30.9 Å². The molecule has 0 aliphatic carbocycles. The lowest BCUT2D eigenvalue weighted by atomic mass is 9.98. The Bertz CT molecular complexity index is 530. The summed E-state index contributed by atoms with van der Waals surface area (Å²) in [5.74, 6) is -0.585. The van der Waals surface area contributed by atoms with Gasteiger partial charge in [0.15, 0.2) is 0 Å². The summed E-state index contributed by atoms with van der Waals surface area (Å²) < 4.78 is 13.1. The SMILES string of the molecule is O=C(c1ccc(F)cc1[N+](=O)[O-])N1CCC(CBr)CC1. The number of halogens is 2. The molecular weight excluding hydrogens is 331 g/mol. The Morgan fingerprint density at radius 3 is 2.65 bits per heavy atom. The maximum Gasteiger partial charge on any atom is 0.285 e. The van der Waals surface area contributed by atoms with Crippen molar-refractivity contribution in [1.82, 2.24) is 4.90 Å². The van der Waals surface area contributed by atoms with E-state index in [0.717, 1.165) is 30.3 Å². The molecule has 0 N–H and O–H groups in total. The highest BCUT2D eigenvalue weighted by atomic mass is 79.9. The Morgan fingerprint density at radius 2 is 2.10 bits per heavy atom. The third-order valence-corrected chi connectivity index (χ3v) is 4.42. The first-order valence-corrected chi connectivity index (χ1v) is 7.44.